The van der Waals surface area contributed by atoms with Gasteiger partial charge in [0.25, 0.3) is 10.0 Å². The average molecular weight is 665 g/mol. The number of hydrogen-bond acceptors (Lipinski definition) is 8. The molecule has 11 nitrogen and oxygen atoms in total. The minimum atomic E-state index is -4.06. The second-order valence-electron chi connectivity index (χ2n) is 11.5. The highest BCUT2D eigenvalue weighted by Crippen LogP contribution is 2.31. The molecule has 0 aliphatic rings. The Kier molecular flexibility index (Phi) is 11.5. The third-order valence-electron chi connectivity index (χ3n) is 6.87. The molecule has 4 rings (SSSR count). The molecule has 0 aliphatic carbocycles. The van der Waals surface area contributed by atoms with E-state index in [4.69, 9.17) is 4.74 Å². The topological polar surface area (TPSA) is 144 Å². The van der Waals surface area contributed by atoms with E-state index in [1.165, 1.54) is 41.6 Å². The number of sulfonamides is 1. The molecule has 3 aromatic carbocycles. The maximum atomic E-state index is 12.9. The first kappa shape index (κ1) is 34.5. The summed E-state index contributed by atoms with van der Waals surface area (Å²) in [6, 6.07) is 20.6. The maximum absolute atomic E-state index is 12.9. The number of urea groups is 1. The fourth-order valence-electron chi connectivity index (χ4n) is 4.40. The van der Waals surface area contributed by atoms with Crippen molar-refractivity contribution in [1.29, 1.82) is 0 Å². The molecule has 0 saturated carbocycles. The Labute approximate surface area is 274 Å². The van der Waals surface area contributed by atoms with Crippen molar-refractivity contribution < 1.29 is 22.7 Å². The van der Waals surface area contributed by atoms with E-state index < -0.39 is 16.1 Å². The van der Waals surface area contributed by atoms with E-state index in [1.807, 2.05) is 59.5 Å². The Morgan fingerprint density at radius 1 is 0.913 bits per heavy atom. The van der Waals surface area contributed by atoms with Crippen LogP contribution in [0.25, 0.3) is 17.1 Å². The van der Waals surface area contributed by atoms with E-state index >= 15 is 0 Å². The monoisotopic (exact) mass is 664 g/mol. The standard InChI is InChI=1S/C33H40N6O5S2/c1-6-8-21-34-31(41)38-46(42,43)28-19-13-25(14-20-28)35-29(40)22-45-32-37-36-30(23-9-11-24(12-10-23)33(3,4)5)39(32)26-15-17-27(18-16-26)44-7-2/h9-20H,6-8,21-22H2,1-5H3,(H,35,40)(H2,34,38,41). The van der Waals surface area contributed by atoms with Gasteiger partial charge in [-0.05, 0) is 72.9 Å². The lowest BCUT2D eigenvalue weighted by molar-refractivity contribution is -0.113. The smallest absolute Gasteiger partial charge is 0.328 e. The molecule has 0 bridgehead atoms. The molecule has 3 N–H and O–H groups in total. The van der Waals surface area contributed by atoms with Crippen molar-refractivity contribution >= 4 is 39.4 Å². The second-order valence-corrected chi connectivity index (χ2v) is 14.1. The number of unbranched alkanes of at least 4 members (excludes halogenated alkanes) is 1. The van der Waals surface area contributed by atoms with Crippen LogP contribution in [0.2, 0.25) is 0 Å². The summed E-state index contributed by atoms with van der Waals surface area (Å²) in [5, 5.41) is 14.7. The van der Waals surface area contributed by atoms with Crippen LogP contribution in [-0.4, -0.2) is 54.0 Å². The molecule has 0 fully saturated rings. The number of hydrogen-bond donors (Lipinski definition) is 3. The van der Waals surface area contributed by atoms with Crippen LogP contribution in [0, 0.1) is 0 Å². The van der Waals surface area contributed by atoms with Crippen molar-refractivity contribution in [2.24, 2.45) is 0 Å². The molecule has 3 amide bonds. The van der Waals surface area contributed by atoms with E-state index in [0.717, 1.165) is 29.8 Å². The lowest BCUT2D eigenvalue weighted by Gasteiger charge is -2.19. The third-order valence-corrected chi connectivity index (χ3v) is 9.15. The van der Waals surface area contributed by atoms with Gasteiger partial charge in [-0.1, -0.05) is 70.1 Å². The summed E-state index contributed by atoms with van der Waals surface area (Å²) in [6.45, 7) is 11.3. The van der Waals surface area contributed by atoms with Crippen molar-refractivity contribution in [3.8, 4) is 22.8 Å². The number of nitrogens with zero attached hydrogens (tertiary/aromatic N) is 3. The van der Waals surface area contributed by atoms with E-state index in [0.29, 0.717) is 29.8 Å². The zero-order chi connectivity index (χ0) is 33.3. The number of benzene rings is 3. The summed E-state index contributed by atoms with van der Waals surface area (Å²) in [6.07, 6.45) is 1.61. The number of ether oxygens (including phenoxy) is 1. The van der Waals surface area contributed by atoms with Crippen molar-refractivity contribution in [3.05, 3.63) is 78.4 Å². The quantitative estimate of drug-likeness (QED) is 0.114. The van der Waals surface area contributed by atoms with Crippen LogP contribution in [0.1, 0.15) is 53.0 Å². The molecule has 4 aromatic rings. The molecule has 0 atom stereocenters. The first-order chi connectivity index (χ1) is 21.9. The molecule has 46 heavy (non-hydrogen) atoms. The number of rotatable bonds is 13. The minimum absolute atomic E-state index is 0.00552. The predicted molar refractivity (Wildman–Crippen MR) is 181 cm³/mol. The first-order valence-corrected chi connectivity index (χ1v) is 17.5. The molecular weight excluding hydrogens is 625 g/mol. The number of carbonyl (C=O) groups excluding carboxylic acids is 2. The van der Waals surface area contributed by atoms with Gasteiger partial charge in [0.1, 0.15) is 5.75 Å². The van der Waals surface area contributed by atoms with Crippen LogP contribution in [0.3, 0.4) is 0 Å². The van der Waals surface area contributed by atoms with Crippen molar-refractivity contribution in [2.45, 2.75) is 62.9 Å². The highest BCUT2D eigenvalue weighted by molar-refractivity contribution is 7.99. The second kappa shape index (κ2) is 15.3. The SMILES string of the molecule is CCCCNC(=O)NS(=O)(=O)c1ccc(NC(=O)CSc2nnc(-c3ccc(C(C)(C)C)cc3)n2-c2ccc(OCC)cc2)cc1. The summed E-state index contributed by atoms with van der Waals surface area (Å²) in [5.74, 6) is 1.09. The van der Waals surface area contributed by atoms with E-state index in [-0.39, 0.29) is 22.0 Å². The zero-order valence-electron chi connectivity index (χ0n) is 26.7. The number of anilines is 1. The van der Waals surface area contributed by atoms with Crippen LogP contribution in [-0.2, 0) is 20.2 Å². The minimum Gasteiger partial charge on any atom is -0.494 e. The van der Waals surface area contributed by atoms with Crippen LogP contribution in [0.5, 0.6) is 5.75 Å². The molecule has 13 heteroatoms. The van der Waals surface area contributed by atoms with Crippen molar-refractivity contribution in [2.75, 3.05) is 24.2 Å². The molecule has 0 saturated heterocycles. The van der Waals surface area contributed by atoms with Gasteiger partial charge >= 0.3 is 6.03 Å². The van der Waals surface area contributed by atoms with Crippen LogP contribution in [0.4, 0.5) is 10.5 Å². The number of aromatic nitrogens is 3. The van der Waals surface area contributed by atoms with Crippen LogP contribution < -0.4 is 20.1 Å². The van der Waals surface area contributed by atoms with E-state index in [1.54, 1.807) is 0 Å². The van der Waals surface area contributed by atoms with Gasteiger partial charge in [0.2, 0.25) is 5.91 Å². The summed E-state index contributed by atoms with van der Waals surface area (Å²) in [7, 11) is -4.06. The lowest BCUT2D eigenvalue weighted by atomic mass is 9.87. The highest BCUT2D eigenvalue weighted by Gasteiger charge is 2.20. The maximum Gasteiger partial charge on any atom is 0.328 e. The number of amides is 3. The Bertz CT molecular complexity index is 1730. The predicted octanol–water partition coefficient (Wildman–Crippen LogP) is 6.15. The molecule has 0 aliphatic heterocycles. The van der Waals surface area contributed by atoms with Crippen LogP contribution in [0.15, 0.2) is 82.8 Å². The van der Waals surface area contributed by atoms with Gasteiger partial charge in [0, 0.05) is 23.5 Å². The Morgan fingerprint density at radius 3 is 2.20 bits per heavy atom. The summed E-state index contributed by atoms with van der Waals surface area (Å²) in [5.41, 5.74) is 3.31. The molecule has 1 heterocycles. The fraction of sp³-hybridized carbons (Fsp3) is 0.333. The zero-order valence-corrected chi connectivity index (χ0v) is 28.3. The van der Waals surface area contributed by atoms with Gasteiger partial charge < -0.3 is 15.4 Å². The summed E-state index contributed by atoms with van der Waals surface area (Å²) < 4.78 is 34.6. The summed E-state index contributed by atoms with van der Waals surface area (Å²) >= 11 is 1.22. The lowest BCUT2D eigenvalue weighted by Crippen LogP contribution is -2.39. The van der Waals surface area contributed by atoms with Gasteiger partial charge in [0.05, 0.1) is 17.3 Å². The van der Waals surface area contributed by atoms with Gasteiger partial charge in [-0.3, -0.25) is 9.36 Å². The largest absolute Gasteiger partial charge is 0.494 e. The van der Waals surface area contributed by atoms with E-state index in [2.05, 4.69) is 53.7 Å². The molecule has 244 valence electrons. The summed E-state index contributed by atoms with van der Waals surface area (Å²) in [4.78, 5) is 24.7. The normalized spacial score (nSPS) is 11.6. The molecule has 0 radical (unpaired) electrons. The van der Waals surface area contributed by atoms with Gasteiger partial charge in [-0.25, -0.2) is 17.9 Å². The Morgan fingerprint density at radius 2 is 1.59 bits per heavy atom. The molecule has 1 aromatic heterocycles. The molecule has 0 unspecified atom stereocenters. The highest BCUT2D eigenvalue weighted by atomic mass is 32.2. The number of thioether (sulfide) groups is 1. The van der Waals surface area contributed by atoms with E-state index in [9.17, 15) is 18.0 Å². The first-order valence-electron chi connectivity index (χ1n) is 15.0. The van der Waals surface area contributed by atoms with Crippen LogP contribution >= 0.6 is 11.8 Å². The van der Waals surface area contributed by atoms with Gasteiger partial charge in [0.15, 0.2) is 11.0 Å². The Balaban J connectivity index is 1.47. The third kappa shape index (κ3) is 9.10. The van der Waals surface area contributed by atoms with Gasteiger partial charge in [-0.15, -0.1) is 10.2 Å². The van der Waals surface area contributed by atoms with Gasteiger partial charge in [-0.2, -0.15) is 0 Å². The Hall–Kier alpha value is -4.36. The van der Waals surface area contributed by atoms with Crippen molar-refractivity contribution in [1.82, 2.24) is 24.8 Å². The average Bonchev–Trinajstić information content (AvgIpc) is 3.44. The number of carbonyl (C=O) groups is 2. The van der Waals surface area contributed by atoms with Crippen molar-refractivity contribution in [3.63, 3.8) is 0 Å². The molecule has 0 spiro atoms. The molecular formula is C33H40N6O5S2. The number of nitrogens with one attached hydrogen (secondary N) is 3. The fourth-order valence-corrected chi connectivity index (χ4v) is 6.08.